The quantitative estimate of drug-likeness (QED) is 0.486. The average Bonchev–Trinajstić information content (AvgIpc) is 2.77. The molecule has 2 aromatic rings. The van der Waals surface area contributed by atoms with Crippen molar-refractivity contribution in [3.05, 3.63) is 58.1 Å². The molecule has 0 aliphatic carbocycles. The lowest BCUT2D eigenvalue weighted by atomic mass is 10.1. The van der Waals surface area contributed by atoms with Gasteiger partial charge in [-0.15, -0.1) is 0 Å². The largest absolute Gasteiger partial charge is 0.493 e. The van der Waals surface area contributed by atoms with Crippen LogP contribution >= 0.6 is 23.2 Å². The van der Waals surface area contributed by atoms with Gasteiger partial charge in [-0.2, -0.15) is 0 Å². The Hall–Kier alpha value is -2.44. The summed E-state index contributed by atoms with van der Waals surface area (Å²) in [7, 11) is 1.53. The molecule has 2 amide bonds. The first-order valence-corrected chi connectivity index (χ1v) is 10.9. The van der Waals surface area contributed by atoms with Crippen molar-refractivity contribution >= 4 is 35.0 Å². The zero-order chi connectivity index (χ0) is 22.8. The normalized spacial score (nSPS) is 11.5. The highest BCUT2D eigenvalue weighted by molar-refractivity contribution is 6.36. The molecule has 0 fully saturated rings. The first-order valence-electron chi connectivity index (χ1n) is 10.1. The molecule has 0 aromatic heterocycles. The first kappa shape index (κ1) is 24.8. The van der Waals surface area contributed by atoms with E-state index in [4.69, 9.17) is 32.7 Å². The van der Waals surface area contributed by atoms with E-state index in [0.29, 0.717) is 33.7 Å². The zero-order valence-electron chi connectivity index (χ0n) is 18.0. The number of amides is 2. The van der Waals surface area contributed by atoms with Crippen LogP contribution in [0.5, 0.6) is 11.5 Å². The van der Waals surface area contributed by atoms with Crippen molar-refractivity contribution in [2.24, 2.45) is 0 Å². The maximum atomic E-state index is 13.1. The minimum absolute atomic E-state index is 0.0784. The number of nitrogens with zero attached hydrogens (tertiary/aromatic N) is 1. The Bertz CT molecular complexity index is 871. The van der Waals surface area contributed by atoms with Crippen LogP contribution in [-0.2, 0) is 16.1 Å². The summed E-state index contributed by atoms with van der Waals surface area (Å²) in [6.07, 6.45) is 1.82. The summed E-state index contributed by atoms with van der Waals surface area (Å²) in [5.74, 6) is 0.331. The molecule has 1 unspecified atom stereocenters. The number of halogens is 2. The summed E-state index contributed by atoms with van der Waals surface area (Å²) in [4.78, 5) is 27.2. The molecule has 168 valence electrons. The smallest absolute Gasteiger partial charge is 0.261 e. The summed E-state index contributed by atoms with van der Waals surface area (Å²) in [6.45, 7) is 4.07. The molecule has 0 heterocycles. The summed E-state index contributed by atoms with van der Waals surface area (Å²) < 4.78 is 10.9. The number of hydrogen-bond donors (Lipinski definition) is 1. The van der Waals surface area contributed by atoms with Crippen LogP contribution in [0.4, 0.5) is 0 Å². The Morgan fingerprint density at radius 3 is 2.32 bits per heavy atom. The zero-order valence-corrected chi connectivity index (χ0v) is 19.5. The van der Waals surface area contributed by atoms with Crippen molar-refractivity contribution in [1.29, 1.82) is 0 Å². The van der Waals surface area contributed by atoms with Crippen LogP contribution in [0.1, 0.15) is 32.3 Å². The molecule has 0 saturated carbocycles. The Morgan fingerprint density at radius 2 is 1.71 bits per heavy atom. The minimum atomic E-state index is -0.738. The maximum absolute atomic E-state index is 13.1. The summed E-state index contributed by atoms with van der Waals surface area (Å²) in [6, 6.07) is 11.4. The molecular formula is C23H28Cl2N2O4. The summed E-state index contributed by atoms with van der Waals surface area (Å²) >= 11 is 12.6. The van der Waals surface area contributed by atoms with Gasteiger partial charge >= 0.3 is 0 Å². The van der Waals surface area contributed by atoms with Gasteiger partial charge in [0.2, 0.25) is 5.91 Å². The van der Waals surface area contributed by atoms with Gasteiger partial charge in [0.1, 0.15) is 6.04 Å². The van der Waals surface area contributed by atoms with Gasteiger partial charge in [-0.3, -0.25) is 9.59 Å². The molecule has 0 radical (unpaired) electrons. The number of nitrogens with one attached hydrogen (secondary N) is 1. The van der Waals surface area contributed by atoms with Crippen LogP contribution in [0.15, 0.2) is 42.5 Å². The summed E-state index contributed by atoms with van der Waals surface area (Å²) in [5, 5.41) is 3.72. The predicted octanol–water partition coefficient (Wildman–Crippen LogP) is 4.71. The van der Waals surface area contributed by atoms with Crippen LogP contribution < -0.4 is 14.8 Å². The highest BCUT2D eigenvalue weighted by atomic mass is 35.5. The molecule has 2 rings (SSSR count). The number of carbonyl (C=O) groups excluding carboxylic acids is 2. The number of ether oxygens (including phenoxy) is 2. The predicted molar refractivity (Wildman–Crippen MR) is 123 cm³/mol. The van der Waals surface area contributed by atoms with Crippen molar-refractivity contribution in [3.63, 3.8) is 0 Å². The minimum Gasteiger partial charge on any atom is -0.493 e. The topological polar surface area (TPSA) is 67.9 Å². The van der Waals surface area contributed by atoms with E-state index in [-0.39, 0.29) is 25.0 Å². The average molecular weight is 467 g/mol. The second-order valence-corrected chi connectivity index (χ2v) is 7.80. The second-order valence-electron chi connectivity index (χ2n) is 6.98. The lowest BCUT2D eigenvalue weighted by Crippen LogP contribution is -2.49. The summed E-state index contributed by atoms with van der Waals surface area (Å²) in [5.41, 5.74) is 0.574. The third-order valence-electron chi connectivity index (χ3n) is 4.81. The molecule has 1 N–H and O–H groups in total. The van der Waals surface area contributed by atoms with Crippen LogP contribution in [0.2, 0.25) is 10.0 Å². The monoisotopic (exact) mass is 466 g/mol. The Labute approximate surface area is 193 Å². The molecule has 0 saturated heterocycles. The first-order chi connectivity index (χ1) is 14.9. The maximum Gasteiger partial charge on any atom is 0.261 e. The number of carbonyl (C=O) groups is 2. The van der Waals surface area contributed by atoms with E-state index < -0.39 is 6.04 Å². The fraction of sp³-hybridized carbons (Fsp3) is 0.391. The third-order valence-corrected chi connectivity index (χ3v) is 5.52. The van der Waals surface area contributed by atoms with E-state index in [1.165, 1.54) is 12.0 Å². The fourth-order valence-electron chi connectivity index (χ4n) is 2.93. The number of benzene rings is 2. The molecule has 0 aliphatic rings. The molecule has 0 aliphatic heterocycles. The van der Waals surface area contributed by atoms with Gasteiger partial charge in [0.05, 0.1) is 7.11 Å². The van der Waals surface area contributed by atoms with E-state index in [1.54, 1.807) is 43.3 Å². The van der Waals surface area contributed by atoms with E-state index in [9.17, 15) is 9.59 Å². The molecule has 0 bridgehead atoms. The van der Waals surface area contributed by atoms with E-state index in [0.717, 1.165) is 12.8 Å². The molecule has 1 atom stereocenters. The van der Waals surface area contributed by atoms with Gasteiger partial charge < -0.3 is 19.7 Å². The number of unbranched alkanes of at least 4 members (excludes halogenated alkanes) is 1. The second kappa shape index (κ2) is 12.4. The Balaban J connectivity index is 2.21. The van der Waals surface area contributed by atoms with Crippen molar-refractivity contribution in [2.75, 3.05) is 20.3 Å². The van der Waals surface area contributed by atoms with Gasteiger partial charge in [0.15, 0.2) is 18.1 Å². The van der Waals surface area contributed by atoms with Crippen molar-refractivity contribution in [1.82, 2.24) is 10.2 Å². The SMILES string of the molecule is CCCCNC(=O)C(C)N(Cc1c(Cl)cccc1Cl)C(=O)COc1ccccc1OC. The van der Waals surface area contributed by atoms with Crippen molar-refractivity contribution < 1.29 is 19.1 Å². The number of methoxy groups -OCH3 is 1. The lowest BCUT2D eigenvalue weighted by molar-refractivity contribution is -0.142. The number of hydrogen-bond acceptors (Lipinski definition) is 4. The lowest BCUT2D eigenvalue weighted by Gasteiger charge is -2.29. The number of rotatable bonds is 11. The van der Waals surface area contributed by atoms with Gasteiger partial charge in [0.25, 0.3) is 5.91 Å². The van der Waals surface area contributed by atoms with Crippen LogP contribution in [0.25, 0.3) is 0 Å². The third kappa shape index (κ3) is 7.04. The molecule has 8 heteroatoms. The molecule has 31 heavy (non-hydrogen) atoms. The molecular weight excluding hydrogens is 439 g/mol. The Kier molecular flexibility index (Phi) is 9.95. The highest BCUT2D eigenvalue weighted by Gasteiger charge is 2.28. The van der Waals surface area contributed by atoms with Crippen molar-refractivity contribution in [3.8, 4) is 11.5 Å². The van der Waals surface area contributed by atoms with E-state index in [2.05, 4.69) is 5.32 Å². The van der Waals surface area contributed by atoms with Gasteiger partial charge in [-0.05, 0) is 37.6 Å². The Morgan fingerprint density at radius 1 is 1.06 bits per heavy atom. The standard InChI is InChI=1S/C23H28Cl2N2O4/c1-4-5-13-26-23(29)16(2)27(14-17-18(24)9-8-10-19(17)25)22(28)15-31-21-12-7-6-11-20(21)30-3/h6-12,16H,4-5,13-15H2,1-3H3,(H,26,29). The van der Waals surface area contributed by atoms with Gasteiger partial charge in [-0.1, -0.05) is 54.7 Å². The van der Waals surface area contributed by atoms with Crippen LogP contribution in [0, 0.1) is 0 Å². The van der Waals surface area contributed by atoms with E-state index >= 15 is 0 Å². The molecule has 6 nitrogen and oxygen atoms in total. The number of para-hydroxylation sites is 2. The van der Waals surface area contributed by atoms with Crippen LogP contribution in [0.3, 0.4) is 0 Å². The molecule has 2 aromatic carbocycles. The molecule has 0 spiro atoms. The van der Waals surface area contributed by atoms with Crippen LogP contribution in [-0.4, -0.2) is 43.0 Å². The van der Waals surface area contributed by atoms with E-state index in [1.807, 2.05) is 13.0 Å². The van der Waals surface area contributed by atoms with Crippen molar-refractivity contribution in [2.45, 2.75) is 39.3 Å². The van der Waals surface area contributed by atoms with Gasteiger partial charge in [-0.25, -0.2) is 0 Å². The fourth-order valence-corrected chi connectivity index (χ4v) is 3.45. The highest BCUT2D eigenvalue weighted by Crippen LogP contribution is 2.28. The van der Waals surface area contributed by atoms with Gasteiger partial charge in [0, 0.05) is 28.7 Å².